The van der Waals surface area contributed by atoms with Crippen LogP contribution in [0.2, 0.25) is 10.0 Å². The number of halogens is 2. The minimum Gasteiger partial charge on any atom is -0.490 e. The van der Waals surface area contributed by atoms with Gasteiger partial charge in [-0.05, 0) is 42.8 Å². The first-order chi connectivity index (χ1) is 16.1. The number of aromatic nitrogens is 1. The molecule has 4 rings (SSSR count). The summed E-state index contributed by atoms with van der Waals surface area (Å²) in [4.78, 5) is 4.57. The fourth-order valence-corrected chi connectivity index (χ4v) is 4.22. The zero-order chi connectivity index (χ0) is 23.0. The van der Waals surface area contributed by atoms with Gasteiger partial charge < -0.3 is 9.47 Å². The highest BCUT2D eigenvalue weighted by molar-refractivity contribution is 7.14. The topological polar surface area (TPSA) is 55.7 Å². The molecule has 0 amide bonds. The Kier molecular flexibility index (Phi) is 7.83. The second-order valence-electron chi connectivity index (χ2n) is 6.90. The van der Waals surface area contributed by atoms with Gasteiger partial charge in [0.15, 0.2) is 11.5 Å². The van der Waals surface area contributed by atoms with Gasteiger partial charge in [-0.2, -0.15) is 5.10 Å². The van der Waals surface area contributed by atoms with Crippen LogP contribution in [0.3, 0.4) is 0 Å². The Morgan fingerprint density at radius 2 is 1.76 bits per heavy atom. The van der Waals surface area contributed by atoms with Gasteiger partial charge in [0.25, 0.3) is 0 Å². The first-order valence-electron chi connectivity index (χ1n) is 10.3. The van der Waals surface area contributed by atoms with Crippen molar-refractivity contribution in [1.82, 2.24) is 4.98 Å². The summed E-state index contributed by atoms with van der Waals surface area (Å²) in [5.41, 5.74) is 6.56. The second kappa shape index (κ2) is 11.2. The van der Waals surface area contributed by atoms with Crippen LogP contribution in [0.1, 0.15) is 18.1 Å². The second-order valence-corrected chi connectivity index (χ2v) is 8.57. The minimum atomic E-state index is 0.237. The van der Waals surface area contributed by atoms with Gasteiger partial charge in [-0.3, -0.25) is 5.43 Å². The van der Waals surface area contributed by atoms with Crippen molar-refractivity contribution in [2.75, 3.05) is 12.0 Å². The quantitative estimate of drug-likeness (QED) is 0.191. The first kappa shape index (κ1) is 23.1. The van der Waals surface area contributed by atoms with E-state index in [2.05, 4.69) is 15.5 Å². The summed E-state index contributed by atoms with van der Waals surface area (Å²) >= 11 is 14.0. The Bertz CT molecular complexity index is 1230. The average Bonchev–Trinajstić information content (AvgIpc) is 3.30. The van der Waals surface area contributed by atoms with Crippen LogP contribution in [-0.4, -0.2) is 17.8 Å². The number of hydrogen-bond acceptors (Lipinski definition) is 6. The molecule has 33 heavy (non-hydrogen) atoms. The normalized spacial score (nSPS) is 11.0. The molecule has 1 N–H and O–H groups in total. The molecule has 0 saturated carbocycles. The third-order valence-corrected chi connectivity index (χ3v) is 6.10. The van der Waals surface area contributed by atoms with Crippen molar-refractivity contribution < 1.29 is 9.47 Å². The molecular formula is C25H21Cl2N3O2S. The molecule has 3 aromatic carbocycles. The van der Waals surface area contributed by atoms with E-state index in [-0.39, 0.29) is 6.61 Å². The van der Waals surface area contributed by atoms with Crippen molar-refractivity contribution in [3.8, 4) is 22.8 Å². The highest BCUT2D eigenvalue weighted by Gasteiger charge is 2.10. The van der Waals surface area contributed by atoms with Crippen LogP contribution in [0.5, 0.6) is 11.5 Å². The van der Waals surface area contributed by atoms with E-state index in [1.165, 1.54) is 11.3 Å². The van der Waals surface area contributed by atoms with Crippen LogP contribution >= 0.6 is 34.5 Å². The number of anilines is 1. The molecule has 0 bridgehead atoms. The molecule has 0 atom stereocenters. The van der Waals surface area contributed by atoms with Gasteiger partial charge in [-0.15, -0.1) is 11.3 Å². The van der Waals surface area contributed by atoms with Crippen LogP contribution in [0.4, 0.5) is 5.13 Å². The third-order valence-electron chi connectivity index (χ3n) is 4.65. The van der Waals surface area contributed by atoms with Crippen molar-refractivity contribution in [2.45, 2.75) is 13.5 Å². The summed E-state index contributed by atoms with van der Waals surface area (Å²) in [5, 5.41) is 8.15. The number of rotatable bonds is 9. The van der Waals surface area contributed by atoms with E-state index in [1.807, 2.05) is 60.8 Å². The van der Waals surface area contributed by atoms with Gasteiger partial charge in [-0.25, -0.2) is 4.98 Å². The average molecular weight is 498 g/mol. The van der Waals surface area contributed by atoms with Crippen molar-refractivity contribution in [2.24, 2.45) is 5.10 Å². The number of hydrazone groups is 1. The minimum absolute atomic E-state index is 0.237. The van der Waals surface area contributed by atoms with E-state index in [1.54, 1.807) is 24.4 Å². The monoisotopic (exact) mass is 497 g/mol. The molecule has 0 radical (unpaired) electrons. The van der Waals surface area contributed by atoms with E-state index in [0.717, 1.165) is 22.4 Å². The molecule has 0 aliphatic rings. The highest BCUT2D eigenvalue weighted by atomic mass is 35.5. The van der Waals surface area contributed by atoms with Crippen molar-refractivity contribution in [1.29, 1.82) is 0 Å². The lowest BCUT2D eigenvalue weighted by molar-refractivity contribution is 0.269. The van der Waals surface area contributed by atoms with Gasteiger partial charge in [0.05, 0.1) is 18.5 Å². The number of ether oxygens (including phenoxy) is 2. The van der Waals surface area contributed by atoms with Crippen molar-refractivity contribution in [3.05, 3.63) is 93.3 Å². The molecule has 1 heterocycles. The largest absolute Gasteiger partial charge is 0.490 e. The van der Waals surface area contributed by atoms with Gasteiger partial charge >= 0.3 is 0 Å². The van der Waals surface area contributed by atoms with Gasteiger partial charge in [0.1, 0.15) is 6.61 Å². The SMILES string of the molecule is CCOc1cc(C=NNc2nc(-c3ccccc3)cs2)ccc1OCc1c(Cl)cccc1Cl. The summed E-state index contributed by atoms with van der Waals surface area (Å²) in [6.45, 7) is 2.66. The summed E-state index contributed by atoms with van der Waals surface area (Å²) in [5.74, 6) is 1.22. The van der Waals surface area contributed by atoms with E-state index in [0.29, 0.717) is 33.3 Å². The summed E-state index contributed by atoms with van der Waals surface area (Å²) in [6.07, 6.45) is 1.71. The lowest BCUT2D eigenvalue weighted by atomic mass is 10.2. The van der Waals surface area contributed by atoms with E-state index in [9.17, 15) is 0 Å². The summed E-state index contributed by atoms with van der Waals surface area (Å²) < 4.78 is 11.7. The van der Waals surface area contributed by atoms with Gasteiger partial charge in [-0.1, -0.05) is 59.6 Å². The molecule has 8 heteroatoms. The number of nitrogens with one attached hydrogen (secondary N) is 1. The number of nitrogens with zero attached hydrogens (tertiary/aromatic N) is 2. The van der Waals surface area contributed by atoms with Crippen LogP contribution in [0.15, 0.2) is 77.2 Å². The predicted molar refractivity (Wildman–Crippen MR) is 137 cm³/mol. The Balaban J connectivity index is 1.43. The lowest BCUT2D eigenvalue weighted by Crippen LogP contribution is -2.01. The van der Waals surface area contributed by atoms with E-state index in [4.69, 9.17) is 32.7 Å². The maximum atomic E-state index is 6.24. The van der Waals surface area contributed by atoms with Crippen LogP contribution in [0.25, 0.3) is 11.3 Å². The first-order valence-corrected chi connectivity index (χ1v) is 11.9. The Labute approximate surface area is 206 Å². The number of benzene rings is 3. The molecule has 0 saturated heterocycles. The molecular weight excluding hydrogens is 477 g/mol. The Morgan fingerprint density at radius 3 is 2.52 bits per heavy atom. The molecule has 0 unspecified atom stereocenters. The fourth-order valence-electron chi connectivity index (χ4n) is 3.04. The fraction of sp³-hybridized carbons (Fsp3) is 0.120. The number of thiazole rings is 1. The maximum Gasteiger partial charge on any atom is 0.203 e. The highest BCUT2D eigenvalue weighted by Crippen LogP contribution is 2.31. The molecule has 5 nitrogen and oxygen atoms in total. The van der Waals surface area contributed by atoms with Crippen LogP contribution < -0.4 is 14.9 Å². The van der Waals surface area contributed by atoms with Crippen molar-refractivity contribution in [3.63, 3.8) is 0 Å². The molecule has 0 aliphatic heterocycles. The maximum absolute atomic E-state index is 6.24. The molecule has 168 valence electrons. The molecule has 0 aliphatic carbocycles. The Morgan fingerprint density at radius 1 is 0.970 bits per heavy atom. The van der Waals surface area contributed by atoms with Gasteiger partial charge in [0, 0.05) is 26.6 Å². The molecule has 1 aromatic heterocycles. The third kappa shape index (κ3) is 6.05. The predicted octanol–water partition coefficient (Wildman–Crippen LogP) is 7.54. The summed E-state index contributed by atoms with van der Waals surface area (Å²) in [6, 6.07) is 21.0. The van der Waals surface area contributed by atoms with Crippen molar-refractivity contribution >= 4 is 45.9 Å². The van der Waals surface area contributed by atoms with Gasteiger partial charge in [0.2, 0.25) is 5.13 Å². The van der Waals surface area contributed by atoms with E-state index >= 15 is 0 Å². The summed E-state index contributed by atoms with van der Waals surface area (Å²) in [7, 11) is 0. The van der Waals surface area contributed by atoms with Crippen LogP contribution in [-0.2, 0) is 6.61 Å². The smallest absolute Gasteiger partial charge is 0.203 e. The zero-order valence-electron chi connectivity index (χ0n) is 17.8. The standard InChI is InChI=1S/C25H21Cl2N3O2S/c1-2-31-24-13-17(11-12-23(24)32-15-19-20(26)9-6-10-21(19)27)14-28-30-25-29-22(16-33-25)18-7-4-3-5-8-18/h3-14,16H,2,15H2,1H3,(H,29,30). The zero-order valence-corrected chi connectivity index (χ0v) is 20.1. The number of hydrogen-bond donors (Lipinski definition) is 1. The molecule has 4 aromatic rings. The molecule has 0 fully saturated rings. The molecule has 0 spiro atoms. The lowest BCUT2D eigenvalue weighted by Gasteiger charge is -2.14. The Hall–Kier alpha value is -3.06. The van der Waals surface area contributed by atoms with E-state index < -0.39 is 0 Å². The van der Waals surface area contributed by atoms with Crippen LogP contribution in [0, 0.1) is 0 Å².